The second kappa shape index (κ2) is 8.90. The number of hydrogen-bond acceptors (Lipinski definition) is 8. The maximum absolute atomic E-state index is 12.6. The van der Waals surface area contributed by atoms with Crippen molar-refractivity contribution in [1.82, 2.24) is 24.5 Å². The molecule has 0 aliphatic rings. The number of aromatic nitrogens is 4. The number of fused-ring (bicyclic) bond motifs is 3. The Morgan fingerprint density at radius 2 is 1.97 bits per heavy atom. The van der Waals surface area contributed by atoms with Crippen LogP contribution in [0.4, 0.5) is 5.69 Å². The largest absolute Gasteiger partial charge is 0.456 e. The van der Waals surface area contributed by atoms with Crippen LogP contribution in [0.15, 0.2) is 41.2 Å². The van der Waals surface area contributed by atoms with E-state index in [0.717, 1.165) is 11.6 Å². The molecule has 0 aliphatic carbocycles. The average Bonchev–Trinajstić information content (AvgIpc) is 3.23. The number of carbonyl (C=O) groups is 2. The van der Waals surface area contributed by atoms with Crippen molar-refractivity contribution in [1.29, 1.82) is 0 Å². The Morgan fingerprint density at radius 1 is 1.21 bits per heavy atom. The van der Waals surface area contributed by atoms with Crippen molar-refractivity contribution in [2.24, 2.45) is 7.05 Å². The summed E-state index contributed by atoms with van der Waals surface area (Å²) in [6, 6.07) is 8.90. The van der Waals surface area contributed by atoms with E-state index in [1.165, 1.54) is 16.7 Å². The zero-order valence-electron chi connectivity index (χ0n) is 17.9. The summed E-state index contributed by atoms with van der Waals surface area (Å²) >= 11 is 5.74. The van der Waals surface area contributed by atoms with Gasteiger partial charge in [0.2, 0.25) is 5.78 Å². The second-order valence-corrected chi connectivity index (χ2v) is 7.81. The zero-order chi connectivity index (χ0) is 24.6. The maximum atomic E-state index is 12.6. The monoisotopic (exact) mass is 484 g/mol. The minimum Gasteiger partial charge on any atom is -0.456 e. The van der Waals surface area contributed by atoms with Crippen molar-refractivity contribution >= 4 is 45.8 Å². The molecule has 0 saturated carbocycles. The van der Waals surface area contributed by atoms with Gasteiger partial charge >= 0.3 is 5.97 Å². The summed E-state index contributed by atoms with van der Waals surface area (Å²) in [7, 11) is 1.57. The Labute approximate surface area is 195 Å². The number of nitro benzene ring substituents is 1. The Hall–Kier alpha value is -4.32. The van der Waals surface area contributed by atoms with E-state index in [2.05, 4.69) is 15.5 Å². The van der Waals surface area contributed by atoms with Gasteiger partial charge in [-0.25, -0.2) is 0 Å². The summed E-state index contributed by atoms with van der Waals surface area (Å²) in [6.45, 7) is 1.13. The molecule has 0 unspecified atom stereocenters. The number of rotatable bonds is 6. The molecule has 0 fully saturated rings. The summed E-state index contributed by atoms with van der Waals surface area (Å²) in [4.78, 5) is 47.3. The molecule has 0 bridgehead atoms. The molecule has 2 aromatic carbocycles. The summed E-state index contributed by atoms with van der Waals surface area (Å²) < 4.78 is 8.18. The molecular weight excluding hydrogens is 468 g/mol. The number of nitrogens with one attached hydrogen (secondary N) is 1. The normalized spacial score (nSPS) is 11.0. The number of ether oxygens (including phenoxy) is 1. The lowest BCUT2D eigenvalue weighted by molar-refractivity contribution is -0.384. The lowest BCUT2D eigenvalue weighted by atomic mass is 10.1. The van der Waals surface area contributed by atoms with E-state index in [1.807, 2.05) is 13.0 Å². The topological polar surface area (TPSA) is 151 Å². The Kier molecular flexibility index (Phi) is 5.99. The molecule has 1 amide bonds. The quantitative estimate of drug-likeness (QED) is 0.247. The van der Waals surface area contributed by atoms with Crippen LogP contribution in [0.1, 0.15) is 21.7 Å². The van der Waals surface area contributed by atoms with Gasteiger partial charge in [-0.15, -0.1) is 10.2 Å². The van der Waals surface area contributed by atoms with Gasteiger partial charge in [0.15, 0.2) is 12.4 Å². The van der Waals surface area contributed by atoms with Crippen LogP contribution in [0.25, 0.3) is 16.7 Å². The first-order valence-electron chi connectivity index (χ1n) is 9.88. The number of carbonyl (C=O) groups excluding carboxylic acids is 2. The van der Waals surface area contributed by atoms with E-state index in [-0.39, 0.29) is 34.4 Å². The van der Waals surface area contributed by atoms with Crippen LogP contribution >= 0.6 is 11.6 Å². The van der Waals surface area contributed by atoms with Gasteiger partial charge in [0, 0.05) is 18.7 Å². The molecule has 0 atom stereocenters. The molecule has 34 heavy (non-hydrogen) atoms. The van der Waals surface area contributed by atoms with E-state index in [0.29, 0.717) is 10.9 Å². The van der Waals surface area contributed by atoms with E-state index < -0.39 is 29.0 Å². The highest BCUT2D eigenvalue weighted by Crippen LogP contribution is 2.25. The number of halogens is 1. The number of hydrogen-bond donors (Lipinski definition) is 1. The molecule has 0 spiro atoms. The van der Waals surface area contributed by atoms with Gasteiger partial charge in [0.1, 0.15) is 11.6 Å². The highest BCUT2D eigenvalue weighted by molar-refractivity contribution is 6.32. The zero-order valence-corrected chi connectivity index (χ0v) is 18.7. The molecule has 0 saturated heterocycles. The fourth-order valence-corrected chi connectivity index (χ4v) is 3.58. The van der Waals surface area contributed by atoms with Crippen molar-refractivity contribution in [2.75, 3.05) is 6.54 Å². The molecular formula is C21H17ClN6O6. The molecule has 0 aliphatic heterocycles. The van der Waals surface area contributed by atoms with Crippen LogP contribution < -0.4 is 10.9 Å². The van der Waals surface area contributed by atoms with Gasteiger partial charge in [-0.2, -0.15) is 0 Å². The van der Waals surface area contributed by atoms with E-state index in [1.54, 1.807) is 23.6 Å². The molecule has 0 radical (unpaired) electrons. The fourth-order valence-electron chi connectivity index (χ4n) is 3.40. The third-order valence-corrected chi connectivity index (χ3v) is 5.42. The van der Waals surface area contributed by atoms with Crippen molar-refractivity contribution in [3.8, 4) is 0 Å². The van der Waals surface area contributed by atoms with Crippen molar-refractivity contribution < 1.29 is 19.2 Å². The van der Waals surface area contributed by atoms with Crippen LogP contribution in [0, 0.1) is 17.0 Å². The molecule has 2 heterocycles. The smallest absolute Gasteiger partial charge is 0.325 e. The number of nitro groups is 1. The molecule has 12 nitrogen and oxygen atoms in total. The predicted octanol–water partition coefficient (Wildman–Crippen LogP) is 1.92. The first-order chi connectivity index (χ1) is 16.2. The van der Waals surface area contributed by atoms with Gasteiger partial charge in [0.05, 0.1) is 15.8 Å². The second-order valence-electron chi connectivity index (χ2n) is 7.40. The van der Waals surface area contributed by atoms with Crippen LogP contribution in [0.2, 0.25) is 5.02 Å². The van der Waals surface area contributed by atoms with E-state index >= 15 is 0 Å². The fraction of sp³-hybridized carbons (Fsp3) is 0.190. The van der Waals surface area contributed by atoms with Crippen molar-refractivity contribution in [3.63, 3.8) is 0 Å². The van der Waals surface area contributed by atoms with Gasteiger partial charge in [-0.1, -0.05) is 23.2 Å². The average molecular weight is 485 g/mol. The molecule has 4 aromatic rings. The third-order valence-electron chi connectivity index (χ3n) is 5.10. The summed E-state index contributed by atoms with van der Waals surface area (Å²) in [5.74, 6) is -0.906. The highest BCUT2D eigenvalue weighted by atomic mass is 35.5. The van der Waals surface area contributed by atoms with Gasteiger partial charge in [-0.3, -0.25) is 33.5 Å². The first kappa shape index (κ1) is 22.9. The Morgan fingerprint density at radius 3 is 2.71 bits per heavy atom. The predicted molar refractivity (Wildman–Crippen MR) is 121 cm³/mol. The summed E-state index contributed by atoms with van der Waals surface area (Å²) in [5, 5.41) is 21.7. The van der Waals surface area contributed by atoms with Crippen LogP contribution in [-0.2, 0) is 23.2 Å². The number of aryl methyl sites for hydroxylation is 2. The standard InChI is InChI=1S/C21H17ClN6O6/c1-11-3-6-15-13(7-11)20(31)26(2)21-25-24-17(27(15)21)10-34-18(29)9-23-19(30)12-4-5-14(22)16(8-12)28(32)33/h3-8H,9-10H2,1-2H3,(H,23,30). The molecule has 1 N–H and O–H groups in total. The number of benzene rings is 2. The van der Waals surface area contributed by atoms with Crippen LogP contribution in [0.3, 0.4) is 0 Å². The van der Waals surface area contributed by atoms with Crippen LogP contribution in [0.5, 0.6) is 0 Å². The van der Waals surface area contributed by atoms with Crippen molar-refractivity contribution in [2.45, 2.75) is 13.5 Å². The maximum Gasteiger partial charge on any atom is 0.325 e. The Balaban J connectivity index is 1.48. The van der Waals surface area contributed by atoms with Gasteiger partial charge < -0.3 is 10.1 Å². The Bertz CT molecular complexity index is 1540. The third kappa shape index (κ3) is 4.18. The SMILES string of the molecule is Cc1ccc2c(c1)c(=O)n(C)c1nnc(COC(=O)CNC(=O)c3ccc(Cl)c([N+](=O)[O-])c3)n21. The van der Waals surface area contributed by atoms with Crippen LogP contribution in [-0.4, -0.2) is 42.5 Å². The minimum absolute atomic E-state index is 0.0324. The van der Waals surface area contributed by atoms with Crippen molar-refractivity contribution in [3.05, 3.63) is 78.8 Å². The molecule has 4 rings (SSSR count). The summed E-state index contributed by atoms with van der Waals surface area (Å²) in [5.41, 5.74) is 0.791. The lowest BCUT2D eigenvalue weighted by Crippen LogP contribution is -2.30. The number of amides is 1. The minimum atomic E-state index is -0.765. The number of esters is 1. The van der Waals surface area contributed by atoms with Gasteiger partial charge in [-0.05, 0) is 31.2 Å². The first-order valence-corrected chi connectivity index (χ1v) is 10.3. The highest BCUT2D eigenvalue weighted by Gasteiger charge is 2.18. The van der Waals surface area contributed by atoms with E-state index in [9.17, 15) is 24.5 Å². The summed E-state index contributed by atoms with van der Waals surface area (Å²) in [6.07, 6.45) is 0. The molecule has 174 valence electrons. The van der Waals surface area contributed by atoms with E-state index in [4.69, 9.17) is 16.3 Å². The number of nitrogens with zero attached hydrogens (tertiary/aromatic N) is 5. The molecule has 13 heteroatoms. The lowest BCUT2D eigenvalue weighted by Gasteiger charge is -2.09. The van der Waals surface area contributed by atoms with Gasteiger partial charge in [0.25, 0.3) is 17.2 Å². The molecule has 2 aromatic heterocycles.